The van der Waals surface area contributed by atoms with Crippen molar-refractivity contribution in [1.82, 2.24) is 9.97 Å². The molecule has 0 unspecified atom stereocenters. The molecule has 0 spiro atoms. The van der Waals surface area contributed by atoms with Gasteiger partial charge in [-0.25, -0.2) is 9.97 Å². The molecular weight excluding hydrogens is 234 g/mol. The van der Waals surface area contributed by atoms with Crippen molar-refractivity contribution in [3.05, 3.63) is 16.9 Å². The Kier molecular flexibility index (Phi) is 0.960. The first-order valence-electron chi connectivity index (χ1n) is 7.32. The van der Waals surface area contributed by atoms with E-state index in [0.29, 0.717) is 9.50 Å². The van der Waals surface area contributed by atoms with E-state index in [-0.39, 0.29) is 5.95 Å². The van der Waals surface area contributed by atoms with E-state index in [9.17, 15) is 0 Å². The standard InChI is InChI=1S/C8H10BrN3O/c1-13-6-4-12(5-6)8-10-3-2-7(9)11-8/h2-3,6H,4-5H2,1H3/i1D3,4D2,5D2,6D. The van der Waals surface area contributed by atoms with E-state index in [1.165, 1.54) is 12.3 Å². The first kappa shape index (κ1) is 3.47. The molecule has 0 amide bonds. The third-order valence-corrected chi connectivity index (χ3v) is 1.78. The van der Waals surface area contributed by atoms with Crippen LogP contribution in [-0.2, 0) is 4.74 Å². The molecule has 0 N–H and O–H groups in total. The van der Waals surface area contributed by atoms with Gasteiger partial charge in [0.25, 0.3) is 0 Å². The maximum Gasteiger partial charge on any atom is 0.226 e. The van der Waals surface area contributed by atoms with Gasteiger partial charge in [0.15, 0.2) is 0 Å². The Bertz CT molecular complexity index is 549. The molecule has 1 aromatic rings. The van der Waals surface area contributed by atoms with Gasteiger partial charge in [-0.2, -0.15) is 0 Å². The fraction of sp³-hybridized carbons (Fsp3) is 0.500. The zero-order chi connectivity index (χ0) is 16.3. The lowest BCUT2D eigenvalue weighted by molar-refractivity contribution is 0.0778. The Morgan fingerprint density at radius 3 is 3.46 bits per heavy atom. The lowest BCUT2D eigenvalue weighted by Gasteiger charge is -2.37. The number of hydrogen-bond acceptors (Lipinski definition) is 4. The van der Waals surface area contributed by atoms with Crippen LogP contribution in [0.4, 0.5) is 5.95 Å². The van der Waals surface area contributed by atoms with Gasteiger partial charge in [-0.1, -0.05) is 0 Å². The van der Waals surface area contributed by atoms with Gasteiger partial charge in [0.1, 0.15) is 4.60 Å². The molecule has 0 aliphatic carbocycles. The molecule has 5 heteroatoms. The van der Waals surface area contributed by atoms with Crippen LogP contribution < -0.4 is 4.90 Å². The summed E-state index contributed by atoms with van der Waals surface area (Å²) in [6.45, 7) is -5.54. The molecule has 1 aromatic heterocycles. The van der Waals surface area contributed by atoms with Crippen LogP contribution in [-0.4, -0.2) is 36.1 Å². The highest BCUT2D eigenvalue weighted by molar-refractivity contribution is 9.10. The van der Waals surface area contributed by atoms with Crippen LogP contribution in [0, 0.1) is 0 Å². The molecular formula is C8H10BrN3O. The second kappa shape index (κ2) is 3.59. The van der Waals surface area contributed by atoms with Gasteiger partial charge in [-0.15, -0.1) is 0 Å². The Balaban J connectivity index is 2.44. The lowest BCUT2D eigenvalue weighted by atomic mass is 10.2. The van der Waals surface area contributed by atoms with E-state index in [2.05, 4.69) is 30.6 Å². The highest BCUT2D eigenvalue weighted by atomic mass is 79.9. The average Bonchev–Trinajstić information content (AvgIpc) is 2.25. The maximum absolute atomic E-state index is 7.82. The lowest BCUT2D eigenvalue weighted by Crippen LogP contribution is -2.52. The minimum absolute atomic E-state index is 0.290. The monoisotopic (exact) mass is 251 g/mol. The molecule has 0 bridgehead atoms. The second-order valence-electron chi connectivity index (χ2n) is 2.17. The van der Waals surface area contributed by atoms with Crippen LogP contribution in [0.15, 0.2) is 16.9 Å². The van der Waals surface area contributed by atoms with Crippen molar-refractivity contribution >= 4 is 21.9 Å². The van der Waals surface area contributed by atoms with Crippen LogP contribution >= 0.6 is 15.9 Å². The Hall–Kier alpha value is -0.680. The molecule has 1 aliphatic rings. The van der Waals surface area contributed by atoms with Gasteiger partial charge in [0.05, 0.1) is 17.0 Å². The predicted molar refractivity (Wildman–Crippen MR) is 52.7 cm³/mol. The molecule has 70 valence electrons. The summed E-state index contributed by atoms with van der Waals surface area (Å²) in [5.74, 6) is -0.323. The van der Waals surface area contributed by atoms with Crippen molar-refractivity contribution in [2.24, 2.45) is 0 Å². The average molecular weight is 252 g/mol. The normalized spacial score (nSPS) is 37.5. The number of rotatable bonds is 2. The summed E-state index contributed by atoms with van der Waals surface area (Å²) >= 11 is 3.05. The quantitative estimate of drug-likeness (QED) is 0.738. The fourth-order valence-electron chi connectivity index (χ4n) is 0.784. The van der Waals surface area contributed by atoms with E-state index in [1.807, 2.05) is 0 Å². The van der Waals surface area contributed by atoms with Gasteiger partial charge in [-0.3, -0.25) is 0 Å². The summed E-state index contributed by atoms with van der Waals surface area (Å²) in [5.41, 5.74) is 0. The Labute approximate surface area is 96.3 Å². The number of methoxy groups -OCH3 is 1. The zero-order valence-corrected chi connectivity index (χ0v) is 7.87. The Morgan fingerprint density at radius 2 is 2.77 bits per heavy atom. The summed E-state index contributed by atoms with van der Waals surface area (Å²) in [7, 11) is -3.12. The second-order valence-corrected chi connectivity index (χ2v) is 2.98. The van der Waals surface area contributed by atoms with Crippen molar-refractivity contribution < 1.29 is 15.7 Å². The van der Waals surface area contributed by atoms with Crippen LogP contribution in [0.3, 0.4) is 0 Å². The van der Waals surface area contributed by atoms with Crippen molar-refractivity contribution in [2.75, 3.05) is 24.9 Å². The van der Waals surface area contributed by atoms with Crippen molar-refractivity contribution in [1.29, 1.82) is 0 Å². The first-order valence-corrected chi connectivity index (χ1v) is 4.11. The van der Waals surface area contributed by atoms with Crippen molar-refractivity contribution in [3.8, 4) is 0 Å². The molecule has 1 aliphatic heterocycles. The van der Waals surface area contributed by atoms with Crippen LogP contribution in [0.5, 0.6) is 0 Å². The SMILES string of the molecule is [2H]C([2H])([2H])OC1([2H])C([2H])([2H])N(c2nccc(Br)n2)C1([2H])[2H]. The summed E-state index contributed by atoms with van der Waals surface area (Å²) in [5, 5.41) is 0. The molecule has 0 aromatic carbocycles. The maximum atomic E-state index is 7.82. The molecule has 2 rings (SSSR count). The highest BCUT2D eigenvalue weighted by Crippen LogP contribution is 2.18. The number of nitrogens with zero attached hydrogens (tertiary/aromatic N) is 3. The molecule has 1 fully saturated rings. The van der Waals surface area contributed by atoms with E-state index < -0.39 is 26.1 Å². The number of hydrogen-bond donors (Lipinski definition) is 0. The van der Waals surface area contributed by atoms with Gasteiger partial charge in [0, 0.05) is 26.2 Å². The smallest absolute Gasteiger partial charge is 0.226 e. The minimum Gasteiger partial charge on any atom is -0.378 e. The third-order valence-electron chi connectivity index (χ3n) is 1.34. The Morgan fingerprint density at radius 1 is 1.92 bits per heavy atom. The van der Waals surface area contributed by atoms with Gasteiger partial charge in [-0.05, 0) is 22.0 Å². The van der Waals surface area contributed by atoms with Crippen molar-refractivity contribution in [3.63, 3.8) is 0 Å². The summed E-state index contributed by atoms with van der Waals surface area (Å²) in [4.78, 5) is 8.04. The molecule has 0 saturated carbocycles. The number of ether oxygens (including phenoxy) is 1. The summed E-state index contributed by atoms with van der Waals surface area (Å²) < 4.78 is 64.7. The topological polar surface area (TPSA) is 38.2 Å². The number of halogens is 1. The molecule has 0 atom stereocenters. The summed E-state index contributed by atoms with van der Waals surface area (Å²) in [6, 6.07) is 1.46. The highest BCUT2D eigenvalue weighted by Gasteiger charge is 2.28. The molecule has 13 heavy (non-hydrogen) atoms. The van der Waals surface area contributed by atoms with Crippen LogP contribution in [0.25, 0.3) is 0 Å². The van der Waals surface area contributed by atoms with E-state index >= 15 is 0 Å². The predicted octanol–water partition coefficient (Wildman–Crippen LogP) is 1.07. The molecule has 0 radical (unpaired) electrons. The van der Waals surface area contributed by atoms with Gasteiger partial charge in [0.2, 0.25) is 5.95 Å². The molecule has 4 nitrogen and oxygen atoms in total. The zero-order valence-electron chi connectivity index (χ0n) is 14.3. The van der Waals surface area contributed by atoms with Crippen molar-refractivity contribution in [2.45, 2.75) is 6.08 Å². The molecule has 2 heterocycles. The number of aromatic nitrogens is 2. The van der Waals surface area contributed by atoms with Gasteiger partial charge < -0.3 is 9.64 Å². The summed E-state index contributed by atoms with van der Waals surface area (Å²) in [6.07, 6.45) is -1.68. The van der Waals surface area contributed by atoms with Gasteiger partial charge >= 0.3 is 0 Å². The molecule has 1 saturated heterocycles. The number of anilines is 1. The van der Waals surface area contributed by atoms with E-state index in [0.717, 1.165) is 0 Å². The largest absolute Gasteiger partial charge is 0.378 e. The van der Waals surface area contributed by atoms with Crippen LogP contribution in [0.1, 0.15) is 11.0 Å². The van der Waals surface area contributed by atoms with E-state index in [4.69, 9.17) is 11.0 Å². The minimum atomic E-state index is -3.12. The van der Waals surface area contributed by atoms with Crippen LogP contribution in [0.2, 0.25) is 0 Å². The first-order chi connectivity index (χ1) is 9.33. The fourth-order valence-corrected chi connectivity index (χ4v) is 1.06. The van der Waals surface area contributed by atoms with E-state index in [1.54, 1.807) is 0 Å². The third kappa shape index (κ3) is 1.81.